The van der Waals surface area contributed by atoms with Gasteiger partial charge in [-0.25, -0.2) is 4.98 Å². The third kappa shape index (κ3) is 4.72. The minimum absolute atomic E-state index is 0.338. The molecule has 1 aliphatic rings. The first-order chi connectivity index (χ1) is 12.0. The monoisotopic (exact) mass is 368 g/mol. The van der Waals surface area contributed by atoms with E-state index < -0.39 is 11.9 Å². The first-order valence-electron chi connectivity index (χ1n) is 8.01. The van der Waals surface area contributed by atoms with Crippen molar-refractivity contribution in [3.05, 3.63) is 52.0 Å². The van der Waals surface area contributed by atoms with Gasteiger partial charge >= 0.3 is 6.18 Å². The molecule has 0 amide bonds. The number of hydrogen-bond acceptors (Lipinski definition) is 3. The van der Waals surface area contributed by atoms with E-state index >= 15 is 0 Å². The Balaban J connectivity index is 1.44. The number of hydrogen-bond donors (Lipinski definition) is 2. The van der Waals surface area contributed by atoms with Gasteiger partial charge in [0.2, 0.25) is 0 Å². The largest absolute Gasteiger partial charge is 0.434 e. The Morgan fingerprint density at radius 2 is 2.08 bits per heavy atom. The van der Waals surface area contributed by atoms with Gasteiger partial charge in [0.15, 0.2) is 11.7 Å². The van der Waals surface area contributed by atoms with E-state index in [0.29, 0.717) is 35.9 Å². The Kier molecular flexibility index (Phi) is 5.27. The van der Waals surface area contributed by atoms with Crippen molar-refractivity contribution < 1.29 is 13.2 Å². The molecule has 4 nitrogen and oxygen atoms in total. The minimum Gasteiger partial charge on any atom is -0.356 e. The highest BCUT2D eigenvalue weighted by atomic mass is 32.1. The van der Waals surface area contributed by atoms with Crippen molar-refractivity contribution in [3.63, 3.8) is 0 Å². The number of aliphatic imine (C=N–C) groups is 1. The molecule has 0 bridgehead atoms. The van der Waals surface area contributed by atoms with Crippen molar-refractivity contribution in [2.45, 2.75) is 31.0 Å². The molecule has 1 heterocycles. The molecule has 134 valence electrons. The van der Waals surface area contributed by atoms with Crippen LogP contribution >= 0.6 is 11.3 Å². The SMILES string of the molecule is CN=C(NCCc1nc(C(F)(F)F)cs1)NC1CC1c1ccccc1. The molecule has 2 aromatic rings. The molecule has 2 unspecified atom stereocenters. The normalized spacial score (nSPS) is 20.4. The number of nitrogens with one attached hydrogen (secondary N) is 2. The van der Waals surface area contributed by atoms with Crippen molar-refractivity contribution in [3.8, 4) is 0 Å². The Morgan fingerprint density at radius 1 is 1.32 bits per heavy atom. The molecule has 0 radical (unpaired) electrons. The number of alkyl halides is 3. The van der Waals surface area contributed by atoms with Gasteiger partial charge in [0.25, 0.3) is 0 Å². The number of nitrogens with zero attached hydrogens (tertiary/aromatic N) is 2. The molecular weight excluding hydrogens is 349 g/mol. The fourth-order valence-corrected chi connectivity index (χ4v) is 3.44. The number of aromatic nitrogens is 1. The van der Waals surface area contributed by atoms with Gasteiger partial charge < -0.3 is 10.6 Å². The lowest BCUT2D eigenvalue weighted by molar-refractivity contribution is -0.140. The van der Waals surface area contributed by atoms with E-state index in [0.717, 1.165) is 23.1 Å². The molecule has 2 N–H and O–H groups in total. The summed E-state index contributed by atoms with van der Waals surface area (Å²) in [7, 11) is 1.68. The number of rotatable bonds is 5. The van der Waals surface area contributed by atoms with E-state index in [-0.39, 0.29) is 0 Å². The van der Waals surface area contributed by atoms with Crippen LogP contribution in [0.15, 0.2) is 40.7 Å². The first-order valence-corrected chi connectivity index (χ1v) is 8.89. The molecule has 1 aliphatic carbocycles. The van der Waals surface area contributed by atoms with Crippen LogP contribution in [0, 0.1) is 0 Å². The van der Waals surface area contributed by atoms with Gasteiger partial charge in [0, 0.05) is 37.4 Å². The zero-order valence-electron chi connectivity index (χ0n) is 13.7. The van der Waals surface area contributed by atoms with Crippen LogP contribution < -0.4 is 10.6 Å². The van der Waals surface area contributed by atoms with Gasteiger partial charge in [0.1, 0.15) is 0 Å². The maximum Gasteiger partial charge on any atom is 0.434 e. The summed E-state index contributed by atoms with van der Waals surface area (Å²) in [5, 5.41) is 7.99. The van der Waals surface area contributed by atoms with Gasteiger partial charge in [-0.15, -0.1) is 11.3 Å². The van der Waals surface area contributed by atoms with Crippen molar-refractivity contribution >= 4 is 17.3 Å². The molecule has 0 aliphatic heterocycles. The third-order valence-corrected chi connectivity index (χ3v) is 4.95. The summed E-state index contributed by atoms with van der Waals surface area (Å²) in [4.78, 5) is 7.79. The van der Waals surface area contributed by atoms with Gasteiger partial charge in [-0.3, -0.25) is 4.99 Å². The summed E-state index contributed by atoms with van der Waals surface area (Å²) in [5.41, 5.74) is 0.483. The second-order valence-corrected chi connectivity index (χ2v) is 6.82. The summed E-state index contributed by atoms with van der Waals surface area (Å²) in [6.07, 6.45) is -2.90. The van der Waals surface area contributed by atoms with Crippen LogP contribution in [-0.4, -0.2) is 30.6 Å². The van der Waals surface area contributed by atoms with Gasteiger partial charge in [-0.2, -0.15) is 13.2 Å². The van der Waals surface area contributed by atoms with Crippen molar-refractivity contribution in [1.82, 2.24) is 15.6 Å². The second kappa shape index (κ2) is 7.43. The highest BCUT2D eigenvalue weighted by Crippen LogP contribution is 2.40. The highest BCUT2D eigenvalue weighted by molar-refractivity contribution is 7.09. The maximum atomic E-state index is 12.5. The molecule has 2 atom stereocenters. The molecule has 1 aromatic carbocycles. The highest BCUT2D eigenvalue weighted by Gasteiger charge is 2.38. The quantitative estimate of drug-likeness (QED) is 0.628. The lowest BCUT2D eigenvalue weighted by atomic mass is 10.1. The Hall–Kier alpha value is -2.09. The predicted octanol–water partition coefficient (Wildman–Crippen LogP) is 3.43. The van der Waals surface area contributed by atoms with E-state index in [1.165, 1.54) is 5.56 Å². The van der Waals surface area contributed by atoms with Crippen molar-refractivity contribution in [1.29, 1.82) is 0 Å². The molecule has 25 heavy (non-hydrogen) atoms. The number of guanidine groups is 1. The summed E-state index contributed by atoms with van der Waals surface area (Å²) in [6.45, 7) is 0.479. The Labute approximate surface area is 148 Å². The van der Waals surface area contributed by atoms with Crippen molar-refractivity contribution in [2.24, 2.45) is 4.99 Å². The van der Waals surface area contributed by atoms with Crippen molar-refractivity contribution in [2.75, 3.05) is 13.6 Å². The van der Waals surface area contributed by atoms with E-state index in [1.54, 1.807) is 7.05 Å². The second-order valence-electron chi connectivity index (χ2n) is 5.88. The number of thiazole rings is 1. The minimum atomic E-state index is -4.38. The zero-order chi connectivity index (χ0) is 17.9. The van der Waals surface area contributed by atoms with E-state index in [2.05, 4.69) is 32.7 Å². The average molecular weight is 368 g/mol. The summed E-state index contributed by atoms with van der Waals surface area (Å²) < 4.78 is 37.6. The van der Waals surface area contributed by atoms with Gasteiger partial charge in [-0.1, -0.05) is 30.3 Å². The zero-order valence-corrected chi connectivity index (χ0v) is 14.5. The lowest BCUT2D eigenvalue weighted by Gasteiger charge is -2.11. The van der Waals surface area contributed by atoms with Crippen LogP contribution in [0.1, 0.15) is 28.6 Å². The Morgan fingerprint density at radius 3 is 2.72 bits per heavy atom. The fraction of sp³-hybridized carbons (Fsp3) is 0.412. The van der Waals surface area contributed by atoms with Gasteiger partial charge in [-0.05, 0) is 12.0 Å². The molecule has 1 fully saturated rings. The molecule has 3 rings (SSSR count). The summed E-state index contributed by atoms with van der Waals surface area (Å²) in [6, 6.07) is 10.6. The molecule has 1 aromatic heterocycles. The van der Waals surface area contributed by atoms with E-state index in [9.17, 15) is 13.2 Å². The standard InChI is InChI=1S/C17H19F3N4S/c1-21-16(23-13-9-12(13)11-5-3-2-4-6-11)22-8-7-15-24-14(10-25-15)17(18,19)20/h2-6,10,12-13H,7-9H2,1H3,(H2,21,22,23). The third-order valence-electron chi connectivity index (χ3n) is 4.04. The maximum absolute atomic E-state index is 12.5. The molecule has 1 saturated carbocycles. The van der Waals surface area contributed by atoms with Crippen LogP contribution in [0.5, 0.6) is 0 Å². The summed E-state index contributed by atoms with van der Waals surface area (Å²) in [5.74, 6) is 1.14. The van der Waals surface area contributed by atoms with Crippen LogP contribution in [0.3, 0.4) is 0 Å². The molecule has 0 spiro atoms. The summed E-state index contributed by atoms with van der Waals surface area (Å²) >= 11 is 1.03. The smallest absolute Gasteiger partial charge is 0.356 e. The Bertz CT molecular complexity index is 727. The molecular formula is C17H19F3N4S. The average Bonchev–Trinajstić information content (AvgIpc) is 3.18. The van der Waals surface area contributed by atoms with Crippen LogP contribution in [0.4, 0.5) is 13.2 Å². The number of benzene rings is 1. The van der Waals surface area contributed by atoms with Gasteiger partial charge in [0.05, 0.1) is 5.01 Å². The fourth-order valence-electron chi connectivity index (χ4n) is 2.64. The molecule has 0 saturated heterocycles. The molecule has 8 heteroatoms. The topological polar surface area (TPSA) is 49.3 Å². The van der Waals surface area contributed by atoms with E-state index in [4.69, 9.17) is 0 Å². The van der Waals surface area contributed by atoms with Crippen LogP contribution in [-0.2, 0) is 12.6 Å². The lowest BCUT2D eigenvalue weighted by Crippen LogP contribution is -2.39. The van der Waals surface area contributed by atoms with E-state index in [1.807, 2.05) is 18.2 Å². The first kappa shape index (κ1) is 17.7. The predicted molar refractivity (Wildman–Crippen MR) is 92.9 cm³/mol. The number of halogens is 3. The van der Waals surface area contributed by atoms with Crippen LogP contribution in [0.25, 0.3) is 0 Å². The van der Waals surface area contributed by atoms with Crippen LogP contribution in [0.2, 0.25) is 0 Å².